The highest BCUT2D eigenvalue weighted by atomic mass is 79.9. The van der Waals surface area contributed by atoms with E-state index in [1.807, 2.05) is 31.3 Å². The van der Waals surface area contributed by atoms with Gasteiger partial charge < -0.3 is 10.1 Å². The van der Waals surface area contributed by atoms with Gasteiger partial charge in [0.25, 0.3) is 0 Å². The fourth-order valence-corrected chi connectivity index (χ4v) is 2.64. The molecular formula is C16H14BrN3O. The van der Waals surface area contributed by atoms with E-state index >= 15 is 0 Å². The third-order valence-corrected chi connectivity index (χ3v) is 3.98. The molecule has 3 rings (SSSR count). The number of anilines is 1. The molecular weight excluding hydrogens is 330 g/mol. The van der Waals surface area contributed by atoms with Crippen LogP contribution in [0, 0.1) is 0 Å². The van der Waals surface area contributed by atoms with E-state index in [0.29, 0.717) is 6.61 Å². The normalized spacial score (nSPS) is 10.6. The number of halogens is 1. The van der Waals surface area contributed by atoms with Gasteiger partial charge in [-0.3, -0.25) is 4.98 Å². The first-order valence-corrected chi connectivity index (χ1v) is 7.36. The average molecular weight is 344 g/mol. The molecule has 0 saturated heterocycles. The summed E-state index contributed by atoms with van der Waals surface area (Å²) < 4.78 is 6.79. The van der Waals surface area contributed by atoms with Crippen LogP contribution in [0.15, 0.2) is 53.3 Å². The van der Waals surface area contributed by atoms with Crippen molar-refractivity contribution in [1.29, 1.82) is 0 Å². The fourth-order valence-electron chi connectivity index (χ4n) is 2.04. The van der Waals surface area contributed by atoms with E-state index in [0.717, 1.165) is 27.1 Å². The Hall–Kier alpha value is -2.14. The second-order valence-electron chi connectivity index (χ2n) is 4.53. The quantitative estimate of drug-likeness (QED) is 0.777. The van der Waals surface area contributed by atoms with Gasteiger partial charge in [0.2, 0.25) is 0 Å². The zero-order valence-corrected chi connectivity index (χ0v) is 13.1. The number of hydrogen-bond donors (Lipinski definition) is 1. The Morgan fingerprint density at radius 1 is 1.10 bits per heavy atom. The molecule has 0 spiro atoms. The third kappa shape index (κ3) is 2.97. The summed E-state index contributed by atoms with van der Waals surface area (Å²) in [5, 5.41) is 5.24. The van der Waals surface area contributed by atoms with Gasteiger partial charge in [-0.15, -0.1) is 0 Å². The first-order valence-electron chi connectivity index (χ1n) is 6.56. The summed E-state index contributed by atoms with van der Waals surface area (Å²) in [5.41, 5.74) is 0.786. The van der Waals surface area contributed by atoms with Crippen molar-refractivity contribution in [2.45, 2.75) is 6.61 Å². The summed E-state index contributed by atoms with van der Waals surface area (Å²) in [6.45, 7) is 0.383. The molecule has 0 aliphatic heterocycles. The van der Waals surface area contributed by atoms with Crippen LogP contribution in [-0.4, -0.2) is 17.0 Å². The molecule has 1 N–H and O–H groups in total. The second-order valence-corrected chi connectivity index (χ2v) is 5.32. The van der Waals surface area contributed by atoms with E-state index in [2.05, 4.69) is 43.3 Å². The van der Waals surface area contributed by atoms with Crippen LogP contribution in [0.2, 0.25) is 0 Å². The number of fused-ring (bicyclic) bond motifs is 1. The number of nitrogens with one attached hydrogen (secondary N) is 1. The first-order chi connectivity index (χ1) is 10.3. The van der Waals surface area contributed by atoms with Crippen molar-refractivity contribution in [3.63, 3.8) is 0 Å². The summed E-state index contributed by atoms with van der Waals surface area (Å²) in [6, 6.07) is 12.2. The van der Waals surface area contributed by atoms with Crippen LogP contribution in [0.4, 0.5) is 5.82 Å². The maximum atomic E-state index is 5.83. The molecule has 1 aromatic heterocycles. The Balaban J connectivity index is 1.79. The van der Waals surface area contributed by atoms with E-state index in [4.69, 9.17) is 4.74 Å². The lowest BCUT2D eigenvalue weighted by Crippen LogP contribution is -2.01. The number of hydrogen-bond acceptors (Lipinski definition) is 4. The minimum absolute atomic E-state index is 0.383. The Bertz CT molecular complexity index is 759. The predicted octanol–water partition coefficient (Wildman–Crippen LogP) is 4.01. The molecule has 3 aromatic rings. The molecule has 0 radical (unpaired) electrons. The lowest BCUT2D eigenvalue weighted by molar-refractivity contribution is 0.299. The van der Waals surface area contributed by atoms with Crippen molar-refractivity contribution in [1.82, 2.24) is 9.97 Å². The zero-order valence-electron chi connectivity index (χ0n) is 11.5. The predicted molar refractivity (Wildman–Crippen MR) is 87.6 cm³/mol. The fraction of sp³-hybridized carbons (Fsp3) is 0.125. The van der Waals surface area contributed by atoms with Crippen molar-refractivity contribution in [3.8, 4) is 5.75 Å². The van der Waals surface area contributed by atoms with Gasteiger partial charge in [-0.25, -0.2) is 4.98 Å². The van der Waals surface area contributed by atoms with Crippen LogP contribution in [0.1, 0.15) is 5.69 Å². The highest BCUT2D eigenvalue weighted by molar-refractivity contribution is 9.10. The first kappa shape index (κ1) is 13.8. The molecule has 0 saturated carbocycles. The molecule has 4 nitrogen and oxygen atoms in total. The smallest absolute Gasteiger partial charge is 0.144 e. The number of rotatable bonds is 4. The largest absolute Gasteiger partial charge is 0.486 e. The van der Waals surface area contributed by atoms with Crippen molar-refractivity contribution < 1.29 is 4.74 Å². The Morgan fingerprint density at radius 2 is 1.95 bits per heavy atom. The minimum Gasteiger partial charge on any atom is -0.486 e. The summed E-state index contributed by atoms with van der Waals surface area (Å²) in [7, 11) is 1.81. The summed E-state index contributed by atoms with van der Waals surface area (Å²) in [6.07, 6.45) is 3.40. The Morgan fingerprint density at radius 3 is 2.71 bits per heavy atom. The molecule has 5 heteroatoms. The SMILES string of the molecule is CNc1cnc(COc2ccc3ccccc3c2Br)cn1. The van der Waals surface area contributed by atoms with Crippen LogP contribution in [-0.2, 0) is 6.61 Å². The second kappa shape index (κ2) is 6.10. The lowest BCUT2D eigenvalue weighted by Gasteiger charge is -2.10. The van der Waals surface area contributed by atoms with Gasteiger partial charge in [0.05, 0.1) is 22.6 Å². The van der Waals surface area contributed by atoms with E-state index in [1.54, 1.807) is 12.4 Å². The minimum atomic E-state index is 0.383. The van der Waals surface area contributed by atoms with Gasteiger partial charge in [-0.05, 0) is 32.8 Å². The van der Waals surface area contributed by atoms with E-state index in [1.165, 1.54) is 5.39 Å². The van der Waals surface area contributed by atoms with Crippen LogP contribution in [0.25, 0.3) is 10.8 Å². The van der Waals surface area contributed by atoms with Crippen molar-refractivity contribution in [3.05, 3.63) is 59.0 Å². The molecule has 0 atom stereocenters. The summed E-state index contributed by atoms with van der Waals surface area (Å²) >= 11 is 3.61. The monoisotopic (exact) mass is 343 g/mol. The van der Waals surface area contributed by atoms with E-state index in [9.17, 15) is 0 Å². The highest BCUT2D eigenvalue weighted by Crippen LogP contribution is 2.33. The standard InChI is InChI=1S/C16H14BrN3O/c1-18-15-9-19-12(8-20-15)10-21-14-7-6-11-4-2-3-5-13(11)16(14)17/h2-9H,10H2,1H3,(H,18,20). The van der Waals surface area contributed by atoms with Crippen LogP contribution < -0.4 is 10.1 Å². The maximum Gasteiger partial charge on any atom is 0.144 e. The number of ether oxygens (including phenoxy) is 1. The zero-order chi connectivity index (χ0) is 14.7. The Labute approximate surface area is 131 Å². The molecule has 1 heterocycles. The number of aromatic nitrogens is 2. The molecule has 0 aliphatic rings. The molecule has 0 aliphatic carbocycles. The van der Waals surface area contributed by atoms with Crippen LogP contribution >= 0.6 is 15.9 Å². The average Bonchev–Trinajstić information content (AvgIpc) is 2.55. The van der Waals surface area contributed by atoms with Crippen LogP contribution in [0.5, 0.6) is 5.75 Å². The molecule has 0 unspecified atom stereocenters. The van der Waals surface area contributed by atoms with Crippen LogP contribution in [0.3, 0.4) is 0 Å². The molecule has 0 bridgehead atoms. The van der Waals surface area contributed by atoms with Gasteiger partial charge in [-0.1, -0.05) is 30.3 Å². The van der Waals surface area contributed by atoms with Gasteiger partial charge in [0.1, 0.15) is 18.2 Å². The topological polar surface area (TPSA) is 47.0 Å². The van der Waals surface area contributed by atoms with Gasteiger partial charge in [0, 0.05) is 7.05 Å². The molecule has 2 aromatic carbocycles. The molecule has 106 valence electrons. The maximum absolute atomic E-state index is 5.83. The van der Waals surface area contributed by atoms with Crippen molar-refractivity contribution in [2.75, 3.05) is 12.4 Å². The molecule has 0 fully saturated rings. The highest BCUT2D eigenvalue weighted by Gasteiger charge is 2.06. The van der Waals surface area contributed by atoms with Crippen molar-refractivity contribution >= 4 is 32.5 Å². The molecule has 21 heavy (non-hydrogen) atoms. The van der Waals surface area contributed by atoms with E-state index in [-0.39, 0.29) is 0 Å². The lowest BCUT2D eigenvalue weighted by atomic mass is 10.1. The van der Waals surface area contributed by atoms with Gasteiger partial charge >= 0.3 is 0 Å². The number of benzene rings is 2. The summed E-state index contributed by atoms with van der Waals surface area (Å²) in [5.74, 6) is 1.54. The van der Waals surface area contributed by atoms with E-state index < -0.39 is 0 Å². The van der Waals surface area contributed by atoms with Gasteiger partial charge in [0.15, 0.2) is 0 Å². The van der Waals surface area contributed by atoms with Gasteiger partial charge in [-0.2, -0.15) is 0 Å². The van der Waals surface area contributed by atoms with Crippen molar-refractivity contribution in [2.24, 2.45) is 0 Å². The molecule has 0 amide bonds. The third-order valence-electron chi connectivity index (χ3n) is 3.16. The summed E-state index contributed by atoms with van der Waals surface area (Å²) in [4.78, 5) is 8.51. The number of nitrogens with zero attached hydrogens (tertiary/aromatic N) is 2. The Kier molecular flexibility index (Phi) is 4.01.